The van der Waals surface area contributed by atoms with Crippen LogP contribution in [0.3, 0.4) is 0 Å². The van der Waals surface area contributed by atoms with Crippen LogP contribution < -0.4 is 0 Å². The fraction of sp³-hybridized carbons (Fsp3) is 0.929. The third-order valence-corrected chi connectivity index (χ3v) is 12.1. The summed E-state index contributed by atoms with van der Waals surface area (Å²) in [5, 5.41) is 22.2. The number of rotatable bonds is 4. The number of aliphatic hydroxyl groups is 2. The SMILES string of the molecule is CC(C)C(C)/C=C/C(C)C1CCC2C1(C)CCC13OC21C(O)C1OC12CC(O)CCC23C. The Bertz CT molecular complexity index is 839. The molecular weight excluding hydrogens is 400 g/mol. The van der Waals surface area contributed by atoms with Gasteiger partial charge in [-0.3, -0.25) is 0 Å². The number of ether oxygens (including phenoxy) is 2. The predicted octanol–water partition coefficient (Wildman–Crippen LogP) is 4.87. The zero-order valence-corrected chi connectivity index (χ0v) is 20.9. The fourth-order valence-electron chi connectivity index (χ4n) is 9.76. The van der Waals surface area contributed by atoms with Crippen LogP contribution in [0.1, 0.15) is 86.5 Å². The lowest BCUT2D eigenvalue weighted by Gasteiger charge is -2.56. The second kappa shape index (κ2) is 6.42. The molecule has 12 atom stereocenters. The van der Waals surface area contributed by atoms with Gasteiger partial charge in [-0.25, -0.2) is 0 Å². The Balaban J connectivity index is 1.32. The second-order valence-corrected chi connectivity index (χ2v) is 13.4. The number of hydrogen-bond acceptors (Lipinski definition) is 4. The first-order chi connectivity index (χ1) is 15.0. The van der Waals surface area contributed by atoms with Crippen molar-refractivity contribution in [3.63, 3.8) is 0 Å². The van der Waals surface area contributed by atoms with Crippen LogP contribution in [0.5, 0.6) is 0 Å². The molecule has 6 fully saturated rings. The molecule has 180 valence electrons. The highest BCUT2D eigenvalue weighted by Gasteiger charge is 2.97. The standard InChI is InChI=1S/C28H44O4/c1-16(2)17(3)7-8-18(4)20-9-10-21-24(20,5)13-14-27-25(6)12-11-19(29)15-26(25)23(31-26)22(30)28(21,27)32-27/h7-8,16-23,29-30H,9-15H2,1-6H3/b8-7+. The number of epoxide rings is 2. The summed E-state index contributed by atoms with van der Waals surface area (Å²) in [4.78, 5) is 0. The summed E-state index contributed by atoms with van der Waals surface area (Å²) in [5.74, 6) is 2.86. The molecule has 0 aromatic heterocycles. The molecule has 2 heterocycles. The van der Waals surface area contributed by atoms with Gasteiger partial charge >= 0.3 is 0 Å². The van der Waals surface area contributed by atoms with E-state index in [4.69, 9.17) is 9.47 Å². The van der Waals surface area contributed by atoms with Gasteiger partial charge in [-0.15, -0.1) is 0 Å². The molecule has 0 aromatic rings. The van der Waals surface area contributed by atoms with Gasteiger partial charge in [0.05, 0.1) is 6.10 Å². The average Bonchev–Trinajstić information content (AvgIpc) is 3.61. The fourth-order valence-corrected chi connectivity index (χ4v) is 9.76. The Morgan fingerprint density at radius 3 is 2.41 bits per heavy atom. The number of fused-ring (bicyclic) bond motifs is 1. The zero-order chi connectivity index (χ0) is 22.9. The molecule has 0 radical (unpaired) electrons. The lowest BCUT2D eigenvalue weighted by atomic mass is 9.43. The molecule has 6 aliphatic rings. The van der Waals surface area contributed by atoms with E-state index in [1.54, 1.807) is 0 Å². The largest absolute Gasteiger partial charge is 0.393 e. The van der Waals surface area contributed by atoms with Crippen LogP contribution in [0.2, 0.25) is 0 Å². The van der Waals surface area contributed by atoms with Crippen molar-refractivity contribution < 1.29 is 19.7 Å². The monoisotopic (exact) mass is 444 g/mol. The van der Waals surface area contributed by atoms with Crippen molar-refractivity contribution in [2.24, 2.45) is 40.4 Å². The van der Waals surface area contributed by atoms with Gasteiger partial charge in [0, 0.05) is 11.8 Å². The Kier molecular flexibility index (Phi) is 4.42. The molecule has 1 spiro atoms. The minimum absolute atomic E-state index is 0.0965. The molecule has 0 bridgehead atoms. The van der Waals surface area contributed by atoms with Crippen molar-refractivity contribution in [1.82, 2.24) is 0 Å². The maximum absolute atomic E-state index is 11.7. The van der Waals surface area contributed by atoms with E-state index in [1.807, 2.05) is 0 Å². The third kappa shape index (κ3) is 2.25. The van der Waals surface area contributed by atoms with Gasteiger partial charge in [-0.1, -0.05) is 53.7 Å². The summed E-state index contributed by atoms with van der Waals surface area (Å²) in [7, 11) is 0. The predicted molar refractivity (Wildman–Crippen MR) is 124 cm³/mol. The van der Waals surface area contributed by atoms with Crippen LogP contribution >= 0.6 is 0 Å². The third-order valence-electron chi connectivity index (χ3n) is 12.1. The first-order valence-corrected chi connectivity index (χ1v) is 13.4. The minimum atomic E-state index is -0.559. The van der Waals surface area contributed by atoms with E-state index < -0.39 is 11.7 Å². The van der Waals surface area contributed by atoms with E-state index in [0.29, 0.717) is 36.0 Å². The van der Waals surface area contributed by atoms with Crippen molar-refractivity contribution in [2.75, 3.05) is 0 Å². The van der Waals surface area contributed by atoms with Gasteiger partial charge in [-0.2, -0.15) is 0 Å². The van der Waals surface area contributed by atoms with Crippen molar-refractivity contribution in [3.05, 3.63) is 12.2 Å². The quantitative estimate of drug-likeness (QED) is 0.480. The molecule has 2 saturated heterocycles. The second-order valence-electron chi connectivity index (χ2n) is 13.4. The molecule has 6 rings (SSSR count). The summed E-state index contributed by atoms with van der Waals surface area (Å²) >= 11 is 0. The number of allylic oxidation sites excluding steroid dienone is 2. The molecular formula is C28H44O4. The molecule has 12 unspecified atom stereocenters. The van der Waals surface area contributed by atoms with Crippen molar-refractivity contribution in [1.29, 1.82) is 0 Å². The normalized spacial score (nSPS) is 59.6. The smallest absolute Gasteiger partial charge is 0.130 e. The molecule has 4 saturated carbocycles. The molecule has 32 heavy (non-hydrogen) atoms. The molecule has 0 aromatic carbocycles. The van der Waals surface area contributed by atoms with E-state index in [0.717, 1.165) is 25.7 Å². The van der Waals surface area contributed by atoms with Crippen LogP contribution in [-0.4, -0.2) is 45.3 Å². The van der Waals surface area contributed by atoms with Crippen LogP contribution in [0.4, 0.5) is 0 Å². The topological polar surface area (TPSA) is 65.5 Å². The van der Waals surface area contributed by atoms with Crippen molar-refractivity contribution in [3.8, 4) is 0 Å². The summed E-state index contributed by atoms with van der Waals surface area (Å²) in [5.41, 5.74) is -0.979. The van der Waals surface area contributed by atoms with E-state index in [9.17, 15) is 10.2 Å². The molecule has 2 N–H and O–H groups in total. The number of hydrogen-bond donors (Lipinski definition) is 2. The first kappa shape index (κ1) is 22.1. The summed E-state index contributed by atoms with van der Waals surface area (Å²) in [6, 6.07) is 0. The van der Waals surface area contributed by atoms with Crippen LogP contribution in [0.15, 0.2) is 12.2 Å². The van der Waals surface area contributed by atoms with Gasteiger partial charge in [0.1, 0.15) is 29.0 Å². The summed E-state index contributed by atoms with van der Waals surface area (Å²) in [6.07, 6.45) is 10.9. The molecule has 2 aliphatic heterocycles. The lowest BCUT2D eigenvalue weighted by molar-refractivity contribution is -0.0911. The molecule has 0 amide bonds. The van der Waals surface area contributed by atoms with E-state index in [1.165, 1.54) is 12.8 Å². The molecule has 4 heteroatoms. The Morgan fingerprint density at radius 2 is 1.69 bits per heavy atom. The van der Waals surface area contributed by atoms with Gasteiger partial charge in [0.25, 0.3) is 0 Å². The van der Waals surface area contributed by atoms with Crippen LogP contribution in [0, 0.1) is 40.4 Å². The first-order valence-electron chi connectivity index (χ1n) is 13.4. The van der Waals surface area contributed by atoms with Gasteiger partial charge in [-0.05, 0) is 73.5 Å². The Hall–Kier alpha value is -0.420. The minimum Gasteiger partial charge on any atom is -0.393 e. The van der Waals surface area contributed by atoms with Gasteiger partial charge in [0.15, 0.2) is 0 Å². The van der Waals surface area contributed by atoms with Crippen LogP contribution in [-0.2, 0) is 9.47 Å². The number of aliphatic hydroxyl groups excluding tert-OH is 2. The summed E-state index contributed by atoms with van der Waals surface area (Å²) in [6.45, 7) is 14.2. The highest BCUT2D eigenvalue weighted by molar-refractivity contribution is 5.44. The maximum atomic E-state index is 11.7. The van der Waals surface area contributed by atoms with E-state index in [2.05, 4.69) is 53.7 Å². The van der Waals surface area contributed by atoms with Crippen LogP contribution in [0.25, 0.3) is 0 Å². The van der Waals surface area contributed by atoms with Crippen molar-refractivity contribution >= 4 is 0 Å². The lowest BCUT2D eigenvalue weighted by Crippen LogP contribution is -2.68. The summed E-state index contributed by atoms with van der Waals surface area (Å²) < 4.78 is 13.3. The van der Waals surface area contributed by atoms with Crippen molar-refractivity contribution in [2.45, 2.75) is 122 Å². The Labute approximate surface area is 194 Å². The highest BCUT2D eigenvalue weighted by Crippen LogP contribution is 2.85. The highest BCUT2D eigenvalue weighted by atomic mass is 16.7. The average molecular weight is 445 g/mol. The van der Waals surface area contributed by atoms with Gasteiger partial charge < -0.3 is 19.7 Å². The molecule has 4 nitrogen and oxygen atoms in total. The maximum Gasteiger partial charge on any atom is 0.130 e. The zero-order valence-electron chi connectivity index (χ0n) is 20.9. The van der Waals surface area contributed by atoms with E-state index in [-0.39, 0.29) is 34.2 Å². The van der Waals surface area contributed by atoms with E-state index >= 15 is 0 Å². The molecule has 4 aliphatic carbocycles. The van der Waals surface area contributed by atoms with Gasteiger partial charge in [0.2, 0.25) is 0 Å². The Morgan fingerprint density at radius 1 is 0.938 bits per heavy atom.